The number of likely N-dealkylation sites (N-methyl/N-ethyl adjacent to an activating group) is 1. The molecule has 2 rings (SSSR count). The first-order valence-corrected chi connectivity index (χ1v) is 7.18. The average molecular weight is 248 g/mol. The van der Waals surface area contributed by atoms with E-state index < -0.39 is 10.2 Å². The van der Waals surface area contributed by atoms with Crippen LogP contribution in [-0.4, -0.2) is 70.0 Å². The molecule has 0 aromatic heterocycles. The Morgan fingerprint density at radius 3 is 2.50 bits per heavy atom. The molecule has 0 bridgehead atoms. The summed E-state index contributed by atoms with van der Waals surface area (Å²) < 4.78 is 28.3. The van der Waals surface area contributed by atoms with Crippen LogP contribution in [0, 0.1) is 0 Å². The summed E-state index contributed by atoms with van der Waals surface area (Å²) >= 11 is 0. The van der Waals surface area contributed by atoms with Crippen molar-refractivity contribution in [1.29, 1.82) is 0 Å². The van der Waals surface area contributed by atoms with E-state index in [2.05, 4.69) is 14.9 Å². The first kappa shape index (κ1) is 12.3. The van der Waals surface area contributed by atoms with E-state index in [1.807, 2.05) is 7.05 Å². The Morgan fingerprint density at radius 2 is 1.94 bits per heavy atom. The molecule has 0 aromatic carbocycles. The monoisotopic (exact) mass is 248 g/mol. The summed E-state index contributed by atoms with van der Waals surface area (Å²) in [6.07, 6.45) is 0.882. The maximum absolute atomic E-state index is 12.0. The van der Waals surface area contributed by atoms with Gasteiger partial charge in [0.2, 0.25) is 0 Å². The van der Waals surface area contributed by atoms with E-state index in [0.717, 1.165) is 32.6 Å². The van der Waals surface area contributed by atoms with Crippen LogP contribution in [0.4, 0.5) is 0 Å². The molecular weight excluding hydrogens is 228 g/mol. The van der Waals surface area contributed by atoms with Crippen molar-refractivity contribution in [3.05, 3.63) is 0 Å². The van der Waals surface area contributed by atoms with Gasteiger partial charge in [0.15, 0.2) is 0 Å². The zero-order chi connectivity index (χ0) is 11.6. The number of nitrogens with one attached hydrogen (secondary N) is 2. The van der Waals surface area contributed by atoms with Gasteiger partial charge in [-0.05, 0) is 20.0 Å². The second-order valence-corrected chi connectivity index (χ2v) is 6.22. The molecular formula is C9H20N4O2S. The third-order valence-corrected chi connectivity index (χ3v) is 4.85. The minimum absolute atomic E-state index is 0.0599. The minimum atomic E-state index is -3.27. The summed E-state index contributed by atoms with van der Waals surface area (Å²) in [5.74, 6) is 0. The van der Waals surface area contributed by atoms with Gasteiger partial charge in [-0.1, -0.05) is 0 Å². The molecule has 0 spiro atoms. The lowest BCUT2D eigenvalue weighted by Gasteiger charge is -2.32. The molecule has 0 saturated carbocycles. The normalized spacial score (nSPS) is 29.7. The average Bonchev–Trinajstić information content (AvgIpc) is 2.70. The van der Waals surface area contributed by atoms with Crippen molar-refractivity contribution in [1.82, 2.24) is 19.2 Å². The van der Waals surface area contributed by atoms with E-state index in [1.54, 1.807) is 4.31 Å². The smallest absolute Gasteiger partial charge is 0.279 e. The quantitative estimate of drug-likeness (QED) is 0.633. The highest BCUT2D eigenvalue weighted by Crippen LogP contribution is 2.07. The Bertz CT molecular complexity index is 318. The van der Waals surface area contributed by atoms with Crippen LogP contribution >= 0.6 is 0 Å². The Morgan fingerprint density at radius 1 is 1.25 bits per heavy atom. The van der Waals surface area contributed by atoms with Gasteiger partial charge in [-0.3, -0.25) is 0 Å². The SMILES string of the molecule is CN1CCN(S(=O)(=O)NC2CCNC2)CC1. The third-order valence-electron chi connectivity index (χ3n) is 3.18. The summed E-state index contributed by atoms with van der Waals surface area (Å²) in [5.41, 5.74) is 0. The molecule has 1 atom stereocenters. The largest absolute Gasteiger partial charge is 0.315 e. The van der Waals surface area contributed by atoms with Crippen molar-refractivity contribution in [3.8, 4) is 0 Å². The van der Waals surface area contributed by atoms with Crippen LogP contribution in [0.5, 0.6) is 0 Å². The second kappa shape index (κ2) is 4.97. The molecule has 7 heteroatoms. The van der Waals surface area contributed by atoms with Gasteiger partial charge in [-0.25, -0.2) is 0 Å². The van der Waals surface area contributed by atoms with Crippen molar-refractivity contribution < 1.29 is 8.42 Å². The number of piperazine rings is 1. The molecule has 0 radical (unpaired) electrons. The zero-order valence-corrected chi connectivity index (χ0v) is 10.5. The molecule has 2 aliphatic rings. The van der Waals surface area contributed by atoms with Gasteiger partial charge in [0.25, 0.3) is 10.2 Å². The number of hydrogen-bond donors (Lipinski definition) is 2. The fraction of sp³-hybridized carbons (Fsp3) is 1.00. The molecule has 6 nitrogen and oxygen atoms in total. The summed E-state index contributed by atoms with van der Waals surface area (Å²) in [6.45, 7) is 4.44. The lowest BCUT2D eigenvalue weighted by molar-refractivity contribution is 0.220. The van der Waals surface area contributed by atoms with E-state index in [9.17, 15) is 8.42 Å². The molecule has 94 valence electrons. The van der Waals surface area contributed by atoms with Crippen molar-refractivity contribution in [2.24, 2.45) is 0 Å². The summed E-state index contributed by atoms with van der Waals surface area (Å²) in [7, 11) is -1.26. The van der Waals surface area contributed by atoms with Crippen molar-refractivity contribution >= 4 is 10.2 Å². The highest BCUT2D eigenvalue weighted by Gasteiger charge is 2.28. The van der Waals surface area contributed by atoms with E-state index in [0.29, 0.717) is 13.1 Å². The van der Waals surface area contributed by atoms with Gasteiger partial charge in [-0.15, -0.1) is 0 Å². The maximum Gasteiger partial charge on any atom is 0.279 e. The van der Waals surface area contributed by atoms with Crippen molar-refractivity contribution in [2.45, 2.75) is 12.5 Å². The van der Waals surface area contributed by atoms with Crippen LogP contribution in [0.15, 0.2) is 0 Å². The Labute approximate surface area is 97.2 Å². The van der Waals surface area contributed by atoms with E-state index in [4.69, 9.17) is 0 Å². The molecule has 2 fully saturated rings. The fourth-order valence-corrected chi connectivity index (χ4v) is 3.48. The van der Waals surface area contributed by atoms with Gasteiger partial charge in [0.05, 0.1) is 0 Å². The zero-order valence-electron chi connectivity index (χ0n) is 9.65. The van der Waals surface area contributed by atoms with Crippen LogP contribution in [0.3, 0.4) is 0 Å². The van der Waals surface area contributed by atoms with Crippen LogP contribution in [0.25, 0.3) is 0 Å². The number of rotatable bonds is 3. The van der Waals surface area contributed by atoms with Gasteiger partial charge >= 0.3 is 0 Å². The molecule has 2 aliphatic heterocycles. The predicted octanol–water partition coefficient (Wildman–Crippen LogP) is -1.57. The van der Waals surface area contributed by atoms with Crippen LogP contribution < -0.4 is 10.0 Å². The molecule has 0 amide bonds. The lowest BCUT2D eigenvalue weighted by Crippen LogP contribution is -2.53. The Kier molecular flexibility index (Phi) is 3.81. The Hall–Kier alpha value is -0.210. The first-order chi connectivity index (χ1) is 7.58. The first-order valence-electron chi connectivity index (χ1n) is 5.74. The number of hydrogen-bond acceptors (Lipinski definition) is 4. The van der Waals surface area contributed by atoms with Crippen molar-refractivity contribution in [3.63, 3.8) is 0 Å². The molecule has 1 unspecified atom stereocenters. The highest BCUT2D eigenvalue weighted by atomic mass is 32.2. The molecule has 0 aromatic rings. The maximum atomic E-state index is 12.0. The van der Waals surface area contributed by atoms with Gasteiger partial charge < -0.3 is 10.2 Å². The topological polar surface area (TPSA) is 64.7 Å². The highest BCUT2D eigenvalue weighted by molar-refractivity contribution is 7.87. The number of nitrogens with zero attached hydrogens (tertiary/aromatic N) is 2. The molecule has 2 saturated heterocycles. The van der Waals surface area contributed by atoms with E-state index >= 15 is 0 Å². The molecule has 16 heavy (non-hydrogen) atoms. The van der Waals surface area contributed by atoms with Gasteiger partial charge in [0, 0.05) is 38.8 Å². The summed E-state index contributed by atoms with van der Waals surface area (Å²) in [5, 5.41) is 3.15. The van der Waals surface area contributed by atoms with Crippen LogP contribution in [-0.2, 0) is 10.2 Å². The fourth-order valence-electron chi connectivity index (χ4n) is 2.07. The van der Waals surface area contributed by atoms with Gasteiger partial charge in [0.1, 0.15) is 0 Å². The lowest BCUT2D eigenvalue weighted by atomic mass is 10.3. The van der Waals surface area contributed by atoms with Crippen molar-refractivity contribution in [2.75, 3.05) is 46.3 Å². The summed E-state index contributed by atoms with van der Waals surface area (Å²) in [4.78, 5) is 2.14. The van der Waals surface area contributed by atoms with Gasteiger partial charge in [-0.2, -0.15) is 17.4 Å². The Balaban J connectivity index is 1.90. The minimum Gasteiger partial charge on any atom is -0.315 e. The summed E-state index contributed by atoms with van der Waals surface area (Å²) in [6, 6.07) is 0.0599. The second-order valence-electron chi connectivity index (χ2n) is 4.51. The van der Waals surface area contributed by atoms with E-state index in [1.165, 1.54) is 0 Å². The third kappa shape index (κ3) is 2.92. The van der Waals surface area contributed by atoms with Crippen LogP contribution in [0.2, 0.25) is 0 Å². The standard InChI is InChI=1S/C9H20N4O2S/c1-12-4-6-13(7-5-12)16(14,15)11-9-2-3-10-8-9/h9-11H,2-8H2,1H3. The molecule has 2 N–H and O–H groups in total. The molecule has 2 heterocycles. The predicted molar refractivity (Wildman–Crippen MR) is 62.4 cm³/mol. The van der Waals surface area contributed by atoms with Crippen LogP contribution in [0.1, 0.15) is 6.42 Å². The molecule has 0 aliphatic carbocycles. The van der Waals surface area contributed by atoms with E-state index in [-0.39, 0.29) is 6.04 Å².